The monoisotopic (exact) mass is 131 g/mol. The van der Waals surface area contributed by atoms with E-state index >= 15 is 0 Å². The van der Waals surface area contributed by atoms with Crippen LogP contribution in [0.2, 0.25) is 0 Å². The van der Waals surface area contributed by atoms with Crippen LogP contribution in [0.1, 0.15) is 19.8 Å². The SMILES string of the molecule is CCCC([NH-])=O.[Sc]. The zero-order chi connectivity index (χ0) is 4.99. The van der Waals surface area contributed by atoms with Crippen molar-refractivity contribution in [3.63, 3.8) is 0 Å². The fraction of sp³-hybridized carbons (Fsp3) is 0.750. The molecule has 0 fully saturated rings. The molecule has 0 atom stereocenters. The van der Waals surface area contributed by atoms with Gasteiger partial charge in [0.25, 0.3) is 0 Å². The van der Waals surface area contributed by atoms with Crippen molar-refractivity contribution in [1.29, 1.82) is 0 Å². The van der Waals surface area contributed by atoms with Crippen molar-refractivity contribution in [1.82, 2.24) is 0 Å². The molecule has 0 saturated carbocycles. The van der Waals surface area contributed by atoms with E-state index < -0.39 is 5.91 Å². The Balaban J connectivity index is 0. The summed E-state index contributed by atoms with van der Waals surface area (Å²) < 4.78 is 0. The van der Waals surface area contributed by atoms with Crippen molar-refractivity contribution < 1.29 is 30.6 Å². The first kappa shape index (κ1) is 10.3. The Morgan fingerprint density at radius 1 is 1.71 bits per heavy atom. The Morgan fingerprint density at radius 2 is 2.14 bits per heavy atom. The summed E-state index contributed by atoms with van der Waals surface area (Å²) in [6.07, 6.45) is 1.20. The van der Waals surface area contributed by atoms with Gasteiger partial charge in [-0.1, -0.05) is 13.3 Å². The number of amides is 1. The molecule has 1 N–H and O–H groups in total. The molecule has 0 aromatic carbocycles. The van der Waals surface area contributed by atoms with Crippen molar-refractivity contribution in [2.45, 2.75) is 19.8 Å². The van der Waals surface area contributed by atoms with Crippen molar-refractivity contribution >= 4 is 5.91 Å². The number of hydrogen-bond donors (Lipinski definition) is 0. The molecule has 0 bridgehead atoms. The third-order valence-corrected chi connectivity index (χ3v) is 0.477. The minimum absolute atomic E-state index is 0. The average molecular weight is 131 g/mol. The first-order chi connectivity index (χ1) is 2.77. The molecule has 0 heterocycles. The zero-order valence-electron chi connectivity index (χ0n) is 4.40. The van der Waals surface area contributed by atoms with Crippen LogP contribution in [0.5, 0.6) is 0 Å². The summed E-state index contributed by atoms with van der Waals surface area (Å²) in [7, 11) is 0. The molecule has 0 aliphatic carbocycles. The summed E-state index contributed by atoms with van der Waals surface area (Å²) >= 11 is 0. The van der Waals surface area contributed by atoms with Gasteiger partial charge in [0, 0.05) is 31.8 Å². The van der Waals surface area contributed by atoms with Gasteiger partial charge in [-0.25, -0.2) is 0 Å². The van der Waals surface area contributed by atoms with Crippen molar-refractivity contribution in [2.24, 2.45) is 0 Å². The standard InChI is InChI=1S/C4H9NO.Sc/c1-2-3-4(5)6;/h2-3H2,1H3,(H2,5,6);/p-1. The van der Waals surface area contributed by atoms with E-state index in [-0.39, 0.29) is 25.8 Å². The van der Waals surface area contributed by atoms with Gasteiger partial charge in [-0.05, 0) is 6.42 Å². The zero-order valence-corrected chi connectivity index (χ0v) is 6.20. The summed E-state index contributed by atoms with van der Waals surface area (Å²) in [5, 5.41) is 0. The normalized spacial score (nSPS) is 7.00. The van der Waals surface area contributed by atoms with Crippen LogP contribution in [-0.4, -0.2) is 5.91 Å². The van der Waals surface area contributed by atoms with Gasteiger partial charge in [-0.2, -0.15) is 0 Å². The fourth-order valence-electron chi connectivity index (χ4n) is 0.227. The quantitative estimate of drug-likeness (QED) is 0.557. The van der Waals surface area contributed by atoms with E-state index in [0.29, 0.717) is 6.42 Å². The van der Waals surface area contributed by atoms with Gasteiger partial charge >= 0.3 is 0 Å². The average Bonchev–Trinajstić information content (AvgIpc) is 1.35. The summed E-state index contributed by atoms with van der Waals surface area (Å²) in [6, 6.07) is 0. The van der Waals surface area contributed by atoms with E-state index in [1.165, 1.54) is 0 Å². The molecule has 0 saturated heterocycles. The molecule has 1 radical (unpaired) electrons. The third-order valence-electron chi connectivity index (χ3n) is 0.477. The molecular formula is C4H8NOSc-. The molecule has 1 amide bonds. The van der Waals surface area contributed by atoms with Gasteiger partial charge in [0.2, 0.25) is 0 Å². The molecule has 7 heavy (non-hydrogen) atoms. The minimum atomic E-state index is -0.461. The predicted molar refractivity (Wildman–Crippen MR) is 24.2 cm³/mol. The maximum Gasteiger partial charge on any atom is 0.0487 e. The largest absolute Gasteiger partial charge is 0.668 e. The van der Waals surface area contributed by atoms with E-state index in [1.807, 2.05) is 6.92 Å². The summed E-state index contributed by atoms with van der Waals surface area (Å²) in [5.41, 5.74) is 6.34. The number of rotatable bonds is 2. The second-order valence-electron chi connectivity index (χ2n) is 1.17. The maximum absolute atomic E-state index is 9.71. The number of carbonyl (C=O) groups is 1. The van der Waals surface area contributed by atoms with Crippen LogP contribution in [0.15, 0.2) is 0 Å². The van der Waals surface area contributed by atoms with Crippen LogP contribution < -0.4 is 0 Å². The van der Waals surface area contributed by atoms with E-state index in [0.717, 1.165) is 6.42 Å². The molecule has 0 aromatic rings. The predicted octanol–water partition coefficient (Wildman–Crippen LogP) is 1.36. The Kier molecular flexibility index (Phi) is 9.37. The van der Waals surface area contributed by atoms with Gasteiger partial charge in [0.05, 0.1) is 0 Å². The van der Waals surface area contributed by atoms with E-state index in [4.69, 9.17) is 5.73 Å². The van der Waals surface area contributed by atoms with Gasteiger partial charge in [-0.15, -0.1) is 0 Å². The van der Waals surface area contributed by atoms with Gasteiger partial charge < -0.3 is 10.5 Å². The Hall–Kier alpha value is 0.340. The summed E-state index contributed by atoms with van der Waals surface area (Å²) in [4.78, 5) is 9.71. The Bertz CT molecular complexity index is 55.7. The van der Waals surface area contributed by atoms with Crippen LogP contribution in [0.4, 0.5) is 0 Å². The Morgan fingerprint density at radius 3 is 2.14 bits per heavy atom. The number of carbonyl (C=O) groups excluding carboxylic acids is 1. The van der Waals surface area contributed by atoms with Crippen molar-refractivity contribution in [3.8, 4) is 0 Å². The molecule has 0 aliphatic heterocycles. The van der Waals surface area contributed by atoms with Crippen molar-refractivity contribution in [2.75, 3.05) is 0 Å². The van der Waals surface area contributed by atoms with Crippen molar-refractivity contribution in [3.05, 3.63) is 5.73 Å². The summed E-state index contributed by atoms with van der Waals surface area (Å²) in [6.45, 7) is 1.88. The molecule has 39 valence electrons. The molecular weight excluding hydrogens is 123 g/mol. The van der Waals surface area contributed by atoms with Crippen LogP contribution in [-0.2, 0) is 30.6 Å². The first-order valence-corrected chi connectivity index (χ1v) is 2.01. The van der Waals surface area contributed by atoms with Crippen LogP contribution in [0, 0.1) is 0 Å². The van der Waals surface area contributed by atoms with Gasteiger partial charge in [0.15, 0.2) is 0 Å². The van der Waals surface area contributed by atoms with Crippen LogP contribution >= 0.6 is 0 Å². The van der Waals surface area contributed by atoms with E-state index in [9.17, 15) is 4.79 Å². The number of hydrogen-bond acceptors (Lipinski definition) is 1. The van der Waals surface area contributed by atoms with Gasteiger partial charge in [-0.3, -0.25) is 0 Å². The second kappa shape index (κ2) is 6.34. The second-order valence-corrected chi connectivity index (χ2v) is 1.17. The molecule has 0 rings (SSSR count). The molecule has 2 nitrogen and oxygen atoms in total. The smallest absolute Gasteiger partial charge is 0.0487 e. The number of nitrogens with one attached hydrogen (secondary N) is 1. The molecule has 0 aliphatic rings. The third kappa shape index (κ3) is 10.7. The molecule has 0 spiro atoms. The summed E-state index contributed by atoms with van der Waals surface area (Å²) in [5.74, 6) is -0.461. The molecule has 0 unspecified atom stereocenters. The molecule has 0 aromatic heterocycles. The van der Waals surface area contributed by atoms with E-state index in [1.54, 1.807) is 0 Å². The maximum atomic E-state index is 9.71. The first-order valence-electron chi connectivity index (χ1n) is 2.01. The Labute approximate surface area is 62.2 Å². The van der Waals surface area contributed by atoms with Crippen LogP contribution in [0.25, 0.3) is 5.73 Å². The van der Waals surface area contributed by atoms with Crippen LogP contribution in [0.3, 0.4) is 0 Å². The minimum Gasteiger partial charge on any atom is -0.668 e. The fourth-order valence-corrected chi connectivity index (χ4v) is 0.227. The van der Waals surface area contributed by atoms with Gasteiger partial charge in [0.1, 0.15) is 0 Å². The molecule has 3 heteroatoms. The topological polar surface area (TPSA) is 40.9 Å². The van der Waals surface area contributed by atoms with E-state index in [2.05, 4.69) is 0 Å².